The number of thiazole rings is 1. The van der Waals surface area contributed by atoms with E-state index in [1.807, 2.05) is 0 Å². The lowest BCUT2D eigenvalue weighted by Crippen LogP contribution is -2.38. The Morgan fingerprint density at radius 3 is 2.47 bits per heavy atom. The molecule has 0 fully saturated rings. The van der Waals surface area contributed by atoms with Crippen LogP contribution in [0.1, 0.15) is 0 Å². The van der Waals surface area contributed by atoms with E-state index in [4.69, 9.17) is 0 Å². The molecule has 3 heterocycles. The van der Waals surface area contributed by atoms with Crippen LogP contribution in [0.5, 0.6) is 0 Å². The van der Waals surface area contributed by atoms with Crippen LogP contribution in [0.3, 0.4) is 0 Å². The fraction of sp³-hybridized carbons (Fsp3) is 0.200. The Morgan fingerprint density at radius 2 is 1.84 bits per heavy atom. The van der Waals surface area contributed by atoms with E-state index >= 15 is 0 Å². The molecule has 0 spiro atoms. The lowest BCUT2D eigenvalue weighted by Gasteiger charge is -2.03. The van der Waals surface area contributed by atoms with Crippen LogP contribution in [0.2, 0.25) is 0 Å². The van der Waals surface area contributed by atoms with Crippen molar-refractivity contribution in [3.05, 3.63) is 48.1 Å². The first-order valence-electron chi connectivity index (χ1n) is 6.22. The fourth-order valence-electron chi connectivity index (χ4n) is 2.36. The Labute approximate surface area is 117 Å². The Hall–Kier alpha value is -1.94. The van der Waals surface area contributed by atoms with Gasteiger partial charge < -0.3 is 4.57 Å². The molecular formula is C15H17N3S+2. The van der Waals surface area contributed by atoms with Crippen molar-refractivity contribution < 1.29 is 9.13 Å². The first-order valence-corrected chi connectivity index (χ1v) is 7.10. The molecule has 0 aromatic carbocycles. The van der Waals surface area contributed by atoms with Crippen LogP contribution in [-0.4, -0.2) is 4.57 Å². The molecule has 19 heavy (non-hydrogen) atoms. The summed E-state index contributed by atoms with van der Waals surface area (Å²) in [7, 11) is 6.28. The van der Waals surface area contributed by atoms with Gasteiger partial charge in [0.1, 0.15) is 19.8 Å². The van der Waals surface area contributed by atoms with Crippen LogP contribution < -0.4 is 9.13 Å². The maximum atomic E-state index is 2.25. The van der Waals surface area contributed by atoms with Gasteiger partial charge in [-0.2, -0.15) is 9.13 Å². The van der Waals surface area contributed by atoms with Crippen molar-refractivity contribution in [1.82, 2.24) is 4.57 Å². The Balaban J connectivity index is 2.21. The van der Waals surface area contributed by atoms with Gasteiger partial charge in [-0.3, -0.25) is 0 Å². The third-order valence-electron chi connectivity index (χ3n) is 3.44. The van der Waals surface area contributed by atoms with E-state index in [1.54, 1.807) is 11.3 Å². The minimum absolute atomic E-state index is 1.22. The van der Waals surface area contributed by atoms with Crippen molar-refractivity contribution in [2.45, 2.75) is 0 Å². The predicted octanol–water partition coefficient (Wildman–Crippen LogP) is 2.07. The average molecular weight is 271 g/mol. The highest BCUT2D eigenvalue weighted by molar-refractivity contribution is 7.12. The summed E-state index contributed by atoms with van der Waals surface area (Å²) < 4.78 is 6.56. The van der Waals surface area contributed by atoms with Crippen LogP contribution in [-0.2, 0) is 21.1 Å². The quantitative estimate of drug-likeness (QED) is 0.633. The second-order valence-electron chi connectivity index (χ2n) is 4.68. The number of hydrogen-bond donors (Lipinski definition) is 0. The summed E-state index contributed by atoms with van der Waals surface area (Å²) in [4.78, 5) is 0. The highest BCUT2D eigenvalue weighted by Crippen LogP contribution is 2.20. The third-order valence-corrected chi connectivity index (χ3v) is 4.42. The molecule has 0 saturated heterocycles. The zero-order chi connectivity index (χ0) is 13.4. The van der Waals surface area contributed by atoms with Gasteiger partial charge in [0.25, 0.3) is 5.69 Å². The normalized spacial score (nSPS) is 10.9. The van der Waals surface area contributed by atoms with Gasteiger partial charge in [0.15, 0.2) is 6.20 Å². The monoisotopic (exact) mass is 271 g/mol. The average Bonchev–Trinajstić information content (AvgIpc) is 2.99. The van der Waals surface area contributed by atoms with Crippen molar-refractivity contribution in [1.29, 1.82) is 0 Å². The van der Waals surface area contributed by atoms with E-state index in [-0.39, 0.29) is 0 Å². The minimum Gasteiger partial charge on any atom is -0.346 e. The molecule has 3 aromatic heterocycles. The maximum absolute atomic E-state index is 2.25. The van der Waals surface area contributed by atoms with Gasteiger partial charge >= 0.3 is 5.01 Å². The first-order chi connectivity index (χ1) is 9.18. The molecule has 0 saturated carbocycles. The zero-order valence-electron chi connectivity index (χ0n) is 11.4. The van der Waals surface area contributed by atoms with Gasteiger partial charge in [0.05, 0.1) is 5.38 Å². The second-order valence-corrected chi connectivity index (χ2v) is 5.57. The summed E-state index contributed by atoms with van der Waals surface area (Å²) in [6, 6.07) is 10.7. The zero-order valence-corrected chi connectivity index (χ0v) is 12.2. The molecule has 0 radical (unpaired) electrons. The van der Waals surface area contributed by atoms with Crippen LogP contribution in [0.4, 0.5) is 0 Å². The summed E-state index contributed by atoms with van der Waals surface area (Å²) in [6.07, 6.45) is 4.17. The fourth-order valence-corrected chi connectivity index (χ4v) is 3.29. The molecule has 0 amide bonds. The van der Waals surface area contributed by atoms with E-state index < -0.39 is 0 Å². The topological polar surface area (TPSA) is 12.7 Å². The SMILES string of the molecule is Cn1cccc1-c1cccc(-c2scc[n+]2C)[n+]1C. The molecule has 96 valence electrons. The van der Waals surface area contributed by atoms with Crippen molar-refractivity contribution in [2.24, 2.45) is 21.1 Å². The summed E-state index contributed by atoms with van der Waals surface area (Å²) in [5.74, 6) is 0. The van der Waals surface area contributed by atoms with Gasteiger partial charge in [-0.1, -0.05) is 11.3 Å². The Morgan fingerprint density at radius 1 is 1.05 bits per heavy atom. The van der Waals surface area contributed by atoms with E-state index in [2.05, 4.69) is 82.9 Å². The summed E-state index contributed by atoms with van der Waals surface area (Å²) in [5.41, 5.74) is 3.68. The molecule has 0 atom stereocenters. The lowest BCUT2D eigenvalue weighted by atomic mass is 10.2. The van der Waals surface area contributed by atoms with Gasteiger partial charge in [-0.15, -0.1) is 0 Å². The standard InChI is InChI=1S/C15H17N3S/c1-16-9-5-8-12(16)13-6-4-7-14(18(13)3)15-17(2)10-11-19-15/h4-11H,1-3H3/q+2. The highest BCUT2D eigenvalue weighted by Gasteiger charge is 2.24. The summed E-state index contributed by atoms with van der Waals surface area (Å²) in [5, 5.41) is 3.38. The van der Waals surface area contributed by atoms with Crippen molar-refractivity contribution in [3.63, 3.8) is 0 Å². The van der Waals surface area contributed by atoms with E-state index in [9.17, 15) is 0 Å². The molecular weight excluding hydrogens is 254 g/mol. The number of aromatic nitrogens is 3. The van der Waals surface area contributed by atoms with Crippen LogP contribution in [0.25, 0.3) is 22.1 Å². The molecule has 3 nitrogen and oxygen atoms in total. The number of hydrogen-bond acceptors (Lipinski definition) is 1. The second kappa shape index (κ2) is 4.63. The molecule has 0 aliphatic carbocycles. The van der Waals surface area contributed by atoms with Crippen molar-refractivity contribution in [2.75, 3.05) is 0 Å². The van der Waals surface area contributed by atoms with Crippen LogP contribution >= 0.6 is 11.3 Å². The maximum Gasteiger partial charge on any atom is 0.334 e. The molecule has 3 rings (SSSR count). The van der Waals surface area contributed by atoms with Crippen molar-refractivity contribution >= 4 is 11.3 Å². The van der Waals surface area contributed by atoms with E-state index in [0.29, 0.717) is 0 Å². The summed E-state index contributed by atoms with van der Waals surface area (Å²) >= 11 is 1.76. The number of nitrogens with zero attached hydrogens (tertiary/aromatic N) is 3. The molecule has 0 N–H and O–H groups in total. The Kier molecular flexibility index (Phi) is 2.95. The number of aryl methyl sites for hydroxylation is 2. The lowest BCUT2D eigenvalue weighted by molar-refractivity contribution is -0.682. The predicted molar refractivity (Wildman–Crippen MR) is 76.5 cm³/mol. The van der Waals surface area contributed by atoms with Gasteiger partial charge in [0, 0.05) is 25.4 Å². The molecule has 0 bridgehead atoms. The third kappa shape index (κ3) is 1.98. The smallest absolute Gasteiger partial charge is 0.334 e. The molecule has 0 aliphatic rings. The molecule has 0 aliphatic heterocycles. The van der Waals surface area contributed by atoms with Crippen LogP contribution in [0.15, 0.2) is 48.1 Å². The molecule has 4 heteroatoms. The largest absolute Gasteiger partial charge is 0.346 e. The van der Waals surface area contributed by atoms with Crippen LogP contribution in [0, 0.1) is 0 Å². The van der Waals surface area contributed by atoms with Gasteiger partial charge in [0.2, 0.25) is 5.69 Å². The molecule has 0 unspecified atom stereocenters. The first kappa shape index (κ1) is 12.1. The van der Waals surface area contributed by atoms with Gasteiger partial charge in [-0.25, -0.2) is 0 Å². The number of rotatable bonds is 2. The van der Waals surface area contributed by atoms with Crippen molar-refractivity contribution in [3.8, 4) is 22.1 Å². The number of pyridine rings is 1. The Bertz CT molecular complexity index is 666. The summed E-state index contributed by atoms with van der Waals surface area (Å²) in [6.45, 7) is 0. The van der Waals surface area contributed by atoms with E-state index in [0.717, 1.165) is 0 Å². The van der Waals surface area contributed by atoms with E-state index in [1.165, 1.54) is 22.1 Å². The highest BCUT2D eigenvalue weighted by atomic mass is 32.1. The minimum atomic E-state index is 1.22. The molecule has 3 aromatic rings. The van der Waals surface area contributed by atoms with Gasteiger partial charge in [-0.05, 0) is 18.2 Å².